The molecule has 0 saturated heterocycles. The number of phenols is 1. The number of rotatable bonds is 10. The molecule has 0 atom stereocenters. The van der Waals surface area contributed by atoms with Crippen molar-refractivity contribution in [1.82, 2.24) is 19.8 Å². The predicted octanol–water partition coefficient (Wildman–Crippen LogP) is 2.69. The number of hydrogen-bond acceptors (Lipinski definition) is 8. The average Bonchev–Trinajstić information content (AvgIpc) is 2.71. The second kappa shape index (κ2) is 10.8. The Balaban J connectivity index is 1.98. The first-order valence-electron chi connectivity index (χ1n) is 10.0. The Morgan fingerprint density at radius 2 is 1.58 bits per heavy atom. The third kappa shape index (κ3) is 6.11. The second-order valence-electron chi connectivity index (χ2n) is 7.57. The highest BCUT2D eigenvalue weighted by molar-refractivity contribution is 9.10. The topological polar surface area (TPSA) is 105 Å². The van der Waals surface area contributed by atoms with E-state index in [1.165, 1.54) is 0 Å². The number of benzene rings is 1. The molecule has 0 bridgehead atoms. The molecule has 0 aliphatic carbocycles. The van der Waals surface area contributed by atoms with Crippen LogP contribution in [-0.2, 0) is 13.1 Å². The van der Waals surface area contributed by atoms with Gasteiger partial charge in [-0.3, -0.25) is 19.8 Å². The van der Waals surface area contributed by atoms with Gasteiger partial charge in [0.25, 0.3) is 0 Å². The third-order valence-electron chi connectivity index (χ3n) is 4.93. The highest BCUT2D eigenvalue weighted by Gasteiger charge is 2.15. The molecule has 4 N–H and O–H groups in total. The number of fused-ring (bicyclic) bond motifs is 1. The number of pyridine rings is 2. The van der Waals surface area contributed by atoms with Crippen molar-refractivity contribution in [2.75, 3.05) is 45.7 Å². The Hall–Kier alpha value is -2.30. The van der Waals surface area contributed by atoms with E-state index in [9.17, 15) is 15.3 Å². The summed E-state index contributed by atoms with van der Waals surface area (Å²) in [6, 6.07) is 7.59. The van der Waals surface area contributed by atoms with Crippen LogP contribution >= 0.6 is 15.9 Å². The molecule has 9 heteroatoms. The minimum Gasteiger partial charge on any atom is -0.507 e. The van der Waals surface area contributed by atoms with Crippen LogP contribution in [0.4, 0.5) is 11.4 Å². The highest BCUT2D eigenvalue weighted by Crippen LogP contribution is 2.32. The fourth-order valence-corrected chi connectivity index (χ4v) is 3.74. The summed E-state index contributed by atoms with van der Waals surface area (Å²) in [7, 11) is 3.79. The van der Waals surface area contributed by atoms with Crippen molar-refractivity contribution in [1.29, 1.82) is 0 Å². The van der Waals surface area contributed by atoms with E-state index in [1.807, 2.05) is 48.2 Å². The normalized spacial score (nSPS) is 11.6. The lowest BCUT2D eigenvalue weighted by Gasteiger charge is -2.22. The van der Waals surface area contributed by atoms with Gasteiger partial charge in [-0.05, 0) is 54.3 Å². The molecule has 2 aromatic heterocycles. The van der Waals surface area contributed by atoms with Crippen molar-refractivity contribution < 1.29 is 15.3 Å². The van der Waals surface area contributed by atoms with E-state index in [4.69, 9.17) is 0 Å². The molecule has 0 unspecified atom stereocenters. The minimum absolute atomic E-state index is 0.0472. The molecule has 2 heterocycles. The first-order valence-corrected chi connectivity index (χ1v) is 10.8. The van der Waals surface area contributed by atoms with Gasteiger partial charge in [-0.1, -0.05) is 0 Å². The molecule has 0 spiro atoms. The van der Waals surface area contributed by atoms with Gasteiger partial charge < -0.3 is 20.6 Å². The molecule has 8 nitrogen and oxygen atoms in total. The molecule has 0 fully saturated rings. The van der Waals surface area contributed by atoms with Crippen molar-refractivity contribution in [3.8, 4) is 5.75 Å². The van der Waals surface area contributed by atoms with Gasteiger partial charge in [0.05, 0.1) is 24.4 Å². The van der Waals surface area contributed by atoms with Gasteiger partial charge in [0, 0.05) is 59.9 Å². The summed E-state index contributed by atoms with van der Waals surface area (Å²) in [5.74, 6) is 0.224. The zero-order valence-electron chi connectivity index (χ0n) is 17.7. The van der Waals surface area contributed by atoms with Crippen LogP contribution < -0.4 is 5.32 Å². The monoisotopic (exact) mass is 489 g/mol. The van der Waals surface area contributed by atoms with Crippen molar-refractivity contribution >= 4 is 38.3 Å². The number of aliphatic hydroxyl groups excluding tert-OH is 2. The van der Waals surface area contributed by atoms with Crippen LogP contribution in [0.25, 0.3) is 11.0 Å². The number of aromatic hydroxyl groups is 1. The molecule has 3 rings (SSSR count). The number of likely N-dealkylation sites (N-methyl/N-ethyl adjacent to an activating group) is 2. The van der Waals surface area contributed by atoms with Gasteiger partial charge >= 0.3 is 0 Å². The summed E-state index contributed by atoms with van der Waals surface area (Å²) in [6.45, 7) is 2.08. The summed E-state index contributed by atoms with van der Waals surface area (Å²) in [5.41, 5.74) is 4.65. The van der Waals surface area contributed by atoms with Crippen LogP contribution in [0.3, 0.4) is 0 Å². The third-order valence-corrected chi connectivity index (χ3v) is 5.37. The number of hydrogen-bond donors (Lipinski definition) is 4. The molecular weight excluding hydrogens is 462 g/mol. The molecule has 1 aromatic carbocycles. The summed E-state index contributed by atoms with van der Waals surface area (Å²) in [5, 5.41) is 32.7. The SMILES string of the molecule is CN(CCO)Cc1cc(Nc2ccnc3cc(Br)cnc23)cc(CN(C)CCO)c1O. The van der Waals surface area contributed by atoms with E-state index >= 15 is 0 Å². The number of anilines is 2. The quantitative estimate of drug-likeness (QED) is 0.322. The fourth-order valence-electron chi connectivity index (χ4n) is 3.42. The number of aliphatic hydroxyl groups is 2. The van der Waals surface area contributed by atoms with Gasteiger partial charge in [-0.25, -0.2) is 0 Å². The molecule has 0 aliphatic rings. The maximum Gasteiger partial charge on any atom is 0.124 e. The second-order valence-corrected chi connectivity index (χ2v) is 8.49. The lowest BCUT2D eigenvalue weighted by atomic mass is 10.1. The Kier molecular flexibility index (Phi) is 8.16. The summed E-state index contributed by atoms with van der Waals surface area (Å²) >= 11 is 3.43. The smallest absolute Gasteiger partial charge is 0.124 e. The summed E-state index contributed by atoms with van der Waals surface area (Å²) < 4.78 is 0.859. The Morgan fingerprint density at radius 3 is 2.16 bits per heavy atom. The van der Waals surface area contributed by atoms with Gasteiger partial charge in [0.2, 0.25) is 0 Å². The Morgan fingerprint density at radius 1 is 0.968 bits per heavy atom. The van der Waals surface area contributed by atoms with E-state index < -0.39 is 0 Å². The number of aromatic nitrogens is 2. The van der Waals surface area contributed by atoms with Crippen LogP contribution in [0.15, 0.2) is 41.1 Å². The molecule has 31 heavy (non-hydrogen) atoms. The zero-order chi connectivity index (χ0) is 22.4. The molecule has 3 aromatic rings. The fraction of sp³-hybridized carbons (Fsp3) is 0.364. The van der Waals surface area contributed by atoms with Crippen molar-refractivity contribution in [3.63, 3.8) is 0 Å². The predicted molar refractivity (Wildman–Crippen MR) is 125 cm³/mol. The van der Waals surface area contributed by atoms with Gasteiger partial charge in [-0.2, -0.15) is 0 Å². The number of nitrogens with one attached hydrogen (secondary N) is 1. The molecule has 0 radical (unpaired) electrons. The van der Waals surface area contributed by atoms with E-state index in [1.54, 1.807) is 12.4 Å². The van der Waals surface area contributed by atoms with E-state index in [0.29, 0.717) is 26.2 Å². The van der Waals surface area contributed by atoms with Crippen molar-refractivity contribution in [2.24, 2.45) is 0 Å². The van der Waals surface area contributed by atoms with Crippen molar-refractivity contribution in [2.45, 2.75) is 13.1 Å². The standard InChI is InChI=1S/C22H28BrN5O3/c1-27(5-7-29)13-15-9-18(10-16(22(15)31)14-28(2)6-8-30)26-19-3-4-24-20-11-17(23)12-25-21(19)20/h3-4,9-12,29-31H,5-8,13-14H2,1-2H3,(H,24,26). The van der Waals surface area contributed by atoms with Crippen LogP contribution in [0, 0.1) is 0 Å². The first-order chi connectivity index (χ1) is 14.9. The van der Waals surface area contributed by atoms with Gasteiger partial charge in [-0.15, -0.1) is 0 Å². The van der Waals surface area contributed by atoms with Crippen LogP contribution in [-0.4, -0.2) is 75.5 Å². The van der Waals surface area contributed by atoms with Crippen LogP contribution in [0.1, 0.15) is 11.1 Å². The summed E-state index contributed by atoms with van der Waals surface area (Å²) in [6.07, 6.45) is 3.46. The van der Waals surface area contributed by atoms with E-state index in [2.05, 4.69) is 31.2 Å². The Bertz CT molecular complexity index is 998. The van der Waals surface area contributed by atoms with Crippen molar-refractivity contribution in [3.05, 3.63) is 52.3 Å². The lowest BCUT2D eigenvalue weighted by molar-refractivity contribution is 0.213. The first kappa shape index (κ1) is 23.4. The van der Waals surface area contributed by atoms with Gasteiger partial charge in [0.15, 0.2) is 0 Å². The molecule has 166 valence electrons. The number of phenolic OH excluding ortho intramolecular Hbond substituents is 1. The minimum atomic E-state index is 0.0472. The maximum atomic E-state index is 10.9. The molecule has 0 aliphatic heterocycles. The number of halogens is 1. The largest absolute Gasteiger partial charge is 0.507 e. The van der Waals surface area contributed by atoms with E-state index in [-0.39, 0.29) is 19.0 Å². The molecule has 0 amide bonds. The Labute approximate surface area is 190 Å². The summed E-state index contributed by atoms with van der Waals surface area (Å²) in [4.78, 5) is 12.8. The lowest BCUT2D eigenvalue weighted by Crippen LogP contribution is -2.23. The molecular formula is C22H28BrN5O3. The maximum absolute atomic E-state index is 10.9. The van der Waals surface area contributed by atoms with Crippen LogP contribution in [0.5, 0.6) is 5.75 Å². The van der Waals surface area contributed by atoms with E-state index in [0.717, 1.165) is 38.0 Å². The van der Waals surface area contributed by atoms with Crippen LogP contribution in [0.2, 0.25) is 0 Å². The van der Waals surface area contributed by atoms with Gasteiger partial charge in [0.1, 0.15) is 11.3 Å². The molecule has 0 saturated carbocycles. The highest BCUT2D eigenvalue weighted by atomic mass is 79.9. The average molecular weight is 490 g/mol. The zero-order valence-corrected chi connectivity index (χ0v) is 19.3. The number of nitrogens with zero attached hydrogens (tertiary/aromatic N) is 4.